The fraction of sp³-hybridized carbons (Fsp3) is 0.0833. The zero-order valence-corrected chi connectivity index (χ0v) is 11.5. The molecule has 1 aromatic heterocycles. The van der Waals surface area contributed by atoms with Crippen LogP contribution in [0.5, 0.6) is 17.2 Å². The van der Waals surface area contributed by atoms with Gasteiger partial charge in [-0.2, -0.15) is 22.5 Å². The summed E-state index contributed by atoms with van der Waals surface area (Å²) >= 11 is 3.08. The van der Waals surface area contributed by atoms with Crippen molar-refractivity contribution in [1.82, 2.24) is 4.98 Å². The highest BCUT2D eigenvalue weighted by Gasteiger charge is 2.23. The van der Waals surface area contributed by atoms with Crippen molar-refractivity contribution >= 4 is 15.9 Å². The van der Waals surface area contributed by atoms with E-state index < -0.39 is 29.3 Å². The van der Waals surface area contributed by atoms with Gasteiger partial charge >= 0.3 is 0 Å². The molecule has 8 heteroatoms. The summed E-state index contributed by atoms with van der Waals surface area (Å²) in [5, 5.41) is 0. The molecule has 0 bridgehead atoms. The molecule has 0 fully saturated rings. The summed E-state index contributed by atoms with van der Waals surface area (Å²) in [5.74, 6) is -7.81. The number of benzene rings is 1. The van der Waals surface area contributed by atoms with Crippen LogP contribution in [0.25, 0.3) is 0 Å². The minimum Gasteiger partial charge on any atom is -0.497 e. The lowest BCUT2D eigenvalue weighted by Crippen LogP contribution is -2.03. The highest BCUT2D eigenvalue weighted by atomic mass is 79.9. The van der Waals surface area contributed by atoms with E-state index in [4.69, 9.17) is 9.47 Å². The van der Waals surface area contributed by atoms with Gasteiger partial charge in [-0.15, -0.1) is 0 Å². The molecule has 0 N–H and O–H groups in total. The van der Waals surface area contributed by atoms with Gasteiger partial charge in [-0.05, 0) is 34.1 Å². The minimum absolute atomic E-state index is 0.0476. The van der Waals surface area contributed by atoms with Crippen molar-refractivity contribution in [3.8, 4) is 17.2 Å². The van der Waals surface area contributed by atoms with Crippen molar-refractivity contribution in [2.45, 2.75) is 0 Å². The van der Waals surface area contributed by atoms with Crippen LogP contribution in [0.3, 0.4) is 0 Å². The number of hydrogen-bond acceptors (Lipinski definition) is 3. The van der Waals surface area contributed by atoms with E-state index in [-0.39, 0.29) is 10.2 Å². The van der Waals surface area contributed by atoms with Crippen molar-refractivity contribution in [2.24, 2.45) is 0 Å². The van der Waals surface area contributed by atoms with Crippen LogP contribution in [-0.2, 0) is 0 Å². The van der Waals surface area contributed by atoms with Gasteiger partial charge in [0.05, 0.1) is 11.6 Å². The minimum atomic E-state index is -1.79. The summed E-state index contributed by atoms with van der Waals surface area (Å²) in [6, 6.07) is 4.22. The van der Waals surface area contributed by atoms with Gasteiger partial charge in [-0.3, -0.25) is 0 Å². The number of aromatic nitrogens is 1. The lowest BCUT2D eigenvalue weighted by atomic mass is 10.3. The smallest absolute Gasteiger partial charge is 0.255 e. The van der Waals surface area contributed by atoms with Crippen molar-refractivity contribution in [3.63, 3.8) is 0 Å². The Morgan fingerprint density at radius 2 is 1.65 bits per heavy atom. The van der Waals surface area contributed by atoms with E-state index in [0.717, 1.165) is 0 Å². The van der Waals surface area contributed by atoms with E-state index in [2.05, 4.69) is 20.9 Å². The molecule has 3 nitrogen and oxygen atoms in total. The summed E-state index contributed by atoms with van der Waals surface area (Å²) in [5.41, 5.74) is 0. The number of ether oxygens (including phenoxy) is 2. The van der Waals surface area contributed by atoms with Crippen LogP contribution in [0.2, 0.25) is 0 Å². The number of pyridine rings is 1. The number of halogens is 5. The molecule has 1 heterocycles. The number of rotatable bonds is 3. The van der Waals surface area contributed by atoms with E-state index >= 15 is 0 Å². The summed E-state index contributed by atoms with van der Waals surface area (Å²) in [6.45, 7) is 0. The van der Waals surface area contributed by atoms with Gasteiger partial charge in [0.1, 0.15) is 11.5 Å². The van der Waals surface area contributed by atoms with Gasteiger partial charge in [0, 0.05) is 0 Å². The van der Waals surface area contributed by atoms with Gasteiger partial charge < -0.3 is 9.47 Å². The summed E-state index contributed by atoms with van der Waals surface area (Å²) in [7, 11) is 1.43. The molecule has 0 radical (unpaired) electrons. The van der Waals surface area contributed by atoms with E-state index in [1.165, 1.54) is 25.3 Å². The van der Waals surface area contributed by atoms with Crippen molar-refractivity contribution in [1.29, 1.82) is 0 Å². The Bertz CT molecular complexity index is 640. The maximum atomic E-state index is 13.4. The molecule has 0 saturated carbocycles. The van der Waals surface area contributed by atoms with E-state index in [9.17, 15) is 17.6 Å². The molecule has 0 aliphatic carbocycles. The number of methoxy groups -OCH3 is 1. The quantitative estimate of drug-likeness (QED) is 0.613. The normalized spacial score (nSPS) is 10.5. The Morgan fingerprint density at radius 3 is 2.15 bits per heavy atom. The molecule has 20 heavy (non-hydrogen) atoms. The third-order valence-corrected chi connectivity index (χ3v) is 2.93. The first-order valence-corrected chi connectivity index (χ1v) is 5.94. The summed E-state index contributed by atoms with van der Waals surface area (Å²) in [6.07, 6.45) is 0. The molecule has 106 valence electrons. The zero-order valence-electron chi connectivity index (χ0n) is 9.89. The molecule has 0 aliphatic heterocycles. The lowest BCUT2D eigenvalue weighted by molar-refractivity contribution is 0.342. The zero-order chi connectivity index (χ0) is 14.9. The molecule has 1 aromatic carbocycles. The maximum Gasteiger partial charge on any atom is 0.255 e. The predicted octanol–water partition coefficient (Wildman–Crippen LogP) is 4.20. The standard InChI is InChI=1S/C12H6BrF4NO2/c1-19-5-2-3-7(6(13)4-5)20-10-8(14)11(16)18-12(17)9(10)15/h2-4H,1H3. The highest BCUT2D eigenvalue weighted by Crippen LogP contribution is 2.35. The van der Waals surface area contributed by atoms with Crippen molar-refractivity contribution in [3.05, 3.63) is 46.2 Å². The third kappa shape index (κ3) is 2.69. The van der Waals surface area contributed by atoms with Gasteiger partial charge in [0.25, 0.3) is 11.9 Å². The SMILES string of the molecule is COc1ccc(Oc2c(F)c(F)nc(F)c2F)c(Br)c1. The summed E-state index contributed by atoms with van der Waals surface area (Å²) in [4.78, 5) is 2.43. The molecule has 2 aromatic rings. The molecule has 2 rings (SSSR count). The van der Waals surface area contributed by atoms with Crippen LogP contribution in [0.1, 0.15) is 0 Å². The lowest BCUT2D eigenvalue weighted by Gasteiger charge is -2.10. The molecular weight excluding hydrogens is 346 g/mol. The first-order chi connectivity index (χ1) is 9.43. The molecule has 0 unspecified atom stereocenters. The topological polar surface area (TPSA) is 31.4 Å². The van der Waals surface area contributed by atoms with Crippen molar-refractivity contribution < 1.29 is 27.0 Å². The Labute approximate surface area is 119 Å². The van der Waals surface area contributed by atoms with E-state index in [0.29, 0.717) is 5.75 Å². The predicted molar refractivity (Wildman–Crippen MR) is 64.8 cm³/mol. The van der Waals surface area contributed by atoms with E-state index in [1.54, 1.807) is 0 Å². The molecule has 0 saturated heterocycles. The van der Waals surface area contributed by atoms with Crippen molar-refractivity contribution in [2.75, 3.05) is 7.11 Å². The average Bonchev–Trinajstić information content (AvgIpc) is 2.42. The first kappa shape index (κ1) is 14.6. The maximum absolute atomic E-state index is 13.4. The average molecular weight is 352 g/mol. The molecule has 0 atom stereocenters. The highest BCUT2D eigenvalue weighted by molar-refractivity contribution is 9.10. The summed E-state index contributed by atoms with van der Waals surface area (Å²) < 4.78 is 62.7. The molecule has 0 amide bonds. The van der Waals surface area contributed by atoms with Crippen LogP contribution >= 0.6 is 15.9 Å². The van der Waals surface area contributed by atoms with Gasteiger partial charge in [0.15, 0.2) is 0 Å². The van der Waals surface area contributed by atoms with Crippen LogP contribution < -0.4 is 9.47 Å². The second-order valence-electron chi connectivity index (χ2n) is 3.55. The van der Waals surface area contributed by atoms with Crippen LogP contribution in [0, 0.1) is 23.5 Å². The largest absolute Gasteiger partial charge is 0.497 e. The fourth-order valence-electron chi connectivity index (χ4n) is 1.36. The Hall–Kier alpha value is -1.83. The monoisotopic (exact) mass is 351 g/mol. The Kier molecular flexibility index (Phi) is 4.12. The van der Waals surface area contributed by atoms with Gasteiger partial charge in [-0.1, -0.05) is 0 Å². The second-order valence-corrected chi connectivity index (χ2v) is 4.40. The Morgan fingerprint density at radius 1 is 1.05 bits per heavy atom. The van der Waals surface area contributed by atoms with Gasteiger partial charge in [-0.25, -0.2) is 0 Å². The van der Waals surface area contributed by atoms with Gasteiger partial charge in [0.2, 0.25) is 17.4 Å². The number of nitrogens with zero attached hydrogens (tertiary/aromatic N) is 1. The second kappa shape index (κ2) is 5.66. The van der Waals surface area contributed by atoms with Crippen LogP contribution in [0.4, 0.5) is 17.6 Å². The van der Waals surface area contributed by atoms with Crippen LogP contribution in [0.15, 0.2) is 22.7 Å². The molecule has 0 aliphatic rings. The van der Waals surface area contributed by atoms with Crippen LogP contribution in [-0.4, -0.2) is 12.1 Å². The third-order valence-electron chi connectivity index (χ3n) is 2.31. The first-order valence-electron chi connectivity index (χ1n) is 5.15. The Balaban J connectivity index is 2.45. The molecule has 0 spiro atoms. The molecular formula is C12H6BrF4NO2. The van der Waals surface area contributed by atoms with E-state index in [1.807, 2.05) is 0 Å². The fourth-order valence-corrected chi connectivity index (χ4v) is 1.80. The number of hydrogen-bond donors (Lipinski definition) is 0.